The van der Waals surface area contributed by atoms with Crippen molar-refractivity contribution < 1.29 is 18.3 Å². The van der Waals surface area contributed by atoms with E-state index < -0.39 is 18.2 Å². The molecular formula is C15H20F3NO. The smallest absolute Gasteiger partial charge is 0.383 e. The Kier molecular flexibility index (Phi) is 4.70. The van der Waals surface area contributed by atoms with Gasteiger partial charge in [0.25, 0.3) is 0 Å². The second-order valence-electron chi connectivity index (χ2n) is 5.59. The van der Waals surface area contributed by atoms with Gasteiger partial charge < -0.3 is 5.11 Å². The van der Waals surface area contributed by atoms with Crippen LogP contribution in [0.15, 0.2) is 24.3 Å². The van der Waals surface area contributed by atoms with Crippen LogP contribution in [0.3, 0.4) is 0 Å². The van der Waals surface area contributed by atoms with Crippen molar-refractivity contribution in [3.8, 4) is 0 Å². The van der Waals surface area contributed by atoms with Crippen molar-refractivity contribution in [2.75, 3.05) is 13.1 Å². The standard InChI is InChI=1S/C15H20F3NO/c1-11-2-4-12(5-3-11)10-19-8-6-13(7-9-19)14(20)15(16,17)18/h2-5,13-14,20H,6-10H2,1H3. The Hall–Kier alpha value is -1.07. The van der Waals surface area contributed by atoms with Gasteiger partial charge in [-0.05, 0) is 44.3 Å². The van der Waals surface area contributed by atoms with Gasteiger partial charge in [0.2, 0.25) is 0 Å². The van der Waals surface area contributed by atoms with Gasteiger partial charge in [0.15, 0.2) is 6.10 Å². The summed E-state index contributed by atoms with van der Waals surface area (Å²) in [6.45, 7) is 3.99. The van der Waals surface area contributed by atoms with E-state index in [4.69, 9.17) is 0 Å². The molecule has 0 aliphatic carbocycles. The summed E-state index contributed by atoms with van der Waals surface area (Å²) in [7, 11) is 0. The summed E-state index contributed by atoms with van der Waals surface area (Å²) in [6, 6.07) is 8.17. The van der Waals surface area contributed by atoms with E-state index in [1.54, 1.807) is 0 Å². The monoisotopic (exact) mass is 287 g/mol. The van der Waals surface area contributed by atoms with Gasteiger partial charge in [-0.15, -0.1) is 0 Å². The molecule has 0 aromatic heterocycles. The van der Waals surface area contributed by atoms with Gasteiger partial charge in [0, 0.05) is 6.54 Å². The van der Waals surface area contributed by atoms with Gasteiger partial charge in [-0.3, -0.25) is 4.90 Å². The number of aliphatic hydroxyl groups excluding tert-OH is 1. The molecule has 1 fully saturated rings. The zero-order valence-corrected chi connectivity index (χ0v) is 11.5. The Labute approximate surface area is 117 Å². The van der Waals surface area contributed by atoms with E-state index in [-0.39, 0.29) is 0 Å². The maximum Gasteiger partial charge on any atom is 0.414 e. The summed E-state index contributed by atoms with van der Waals surface area (Å²) in [5, 5.41) is 9.27. The molecule has 112 valence electrons. The van der Waals surface area contributed by atoms with Crippen molar-refractivity contribution in [3.63, 3.8) is 0 Å². The van der Waals surface area contributed by atoms with Crippen molar-refractivity contribution >= 4 is 0 Å². The average Bonchev–Trinajstić information content (AvgIpc) is 2.40. The van der Waals surface area contributed by atoms with Crippen LogP contribution in [0.1, 0.15) is 24.0 Å². The molecule has 1 N–H and O–H groups in total. The lowest BCUT2D eigenvalue weighted by Crippen LogP contribution is -2.43. The van der Waals surface area contributed by atoms with Crippen LogP contribution in [-0.2, 0) is 6.54 Å². The molecule has 1 heterocycles. The molecule has 1 atom stereocenters. The van der Waals surface area contributed by atoms with E-state index in [1.165, 1.54) is 11.1 Å². The Morgan fingerprint density at radius 1 is 1.20 bits per heavy atom. The fourth-order valence-electron chi connectivity index (χ4n) is 2.65. The first kappa shape index (κ1) is 15.3. The maximum atomic E-state index is 12.5. The molecule has 1 aliphatic heterocycles. The maximum absolute atomic E-state index is 12.5. The minimum absolute atomic E-state index is 0.395. The number of aryl methyl sites for hydroxylation is 1. The van der Waals surface area contributed by atoms with Gasteiger partial charge in [-0.25, -0.2) is 0 Å². The molecule has 1 aromatic carbocycles. The van der Waals surface area contributed by atoms with Gasteiger partial charge in [-0.1, -0.05) is 29.8 Å². The molecule has 0 bridgehead atoms. The number of nitrogens with zero attached hydrogens (tertiary/aromatic N) is 1. The molecule has 1 unspecified atom stereocenters. The number of piperidine rings is 1. The normalized spacial score (nSPS) is 20.1. The van der Waals surface area contributed by atoms with Crippen molar-refractivity contribution in [2.45, 2.75) is 38.6 Å². The fraction of sp³-hybridized carbons (Fsp3) is 0.600. The number of benzene rings is 1. The lowest BCUT2D eigenvalue weighted by Gasteiger charge is -2.34. The lowest BCUT2D eigenvalue weighted by atomic mass is 9.90. The second-order valence-corrected chi connectivity index (χ2v) is 5.59. The summed E-state index contributed by atoms with van der Waals surface area (Å²) in [5.74, 6) is -0.663. The average molecular weight is 287 g/mol. The number of alkyl halides is 3. The van der Waals surface area contributed by atoms with Gasteiger partial charge >= 0.3 is 6.18 Å². The number of rotatable bonds is 3. The molecule has 0 amide bonds. The number of hydrogen-bond donors (Lipinski definition) is 1. The van der Waals surface area contributed by atoms with Crippen molar-refractivity contribution in [2.24, 2.45) is 5.92 Å². The third-order valence-electron chi connectivity index (χ3n) is 3.94. The Morgan fingerprint density at radius 3 is 2.25 bits per heavy atom. The highest BCUT2D eigenvalue weighted by Gasteiger charge is 2.44. The van der Waals surface area contributed by atoms with E-state index in [9.17, 15) is 18.3 Å². The molecule has 20 heavy (non-hydrogen) atoms. The van der Waals surface area contributed by atoms with E-state index in [0.29, 0.717) is 25.9 Å². The highest BCUT2D eigenvalue weighted by Crippen LogP contribution is 2.31. The SMILES string of the molecule is Cc1ccc(CN2CCC(C(O)C(F)(F)F)CC2)cc1. The zero-order valence-electron chi connectivity index (χ0n) is 11.5. The molecule has 1 saturated heterocycles. The first-order valence-corrected chi connectivity index (χ1v) is 6.89. The third kappa shape index (κ3) is 3.96. The molecule has 0 saturated carbocycles. The second kappa shape index (κ2) is 6.14. The predicted molar refractivity (Wildman–Crippen MR) is 71.2 cm³/mol. The van der Waals surface area contributed by atoms with Crippen LogP contribution in [0.5, 0.6) is 0 Å². The topological polar surface area (TPSA) is 23.5 Å². The molecular weight excluding hydrogens is 267 g/mol. The van der Waals surface area contributed by atoms with Crippen LogP contribution >= 0.6 is 0 Å². The first-order valence-electron chi connectivity index (χ1n) is 6.89. The summed E-state index contributed by atoms with van der Waals surface area (Å²) in [4.78, 5) is 2.14. The summed E-state index contributed by atoms with van der Waals surface area (Å²) < 4.78 is 37.4. The molecule has 2 nitrogen and oxygen atoms in total. The van der Waals surface area contributed by atoms with Crippen LogP contribution in [0.4, 0.5) is 13.2 Å². The van der Waals surface area contributed by atoms with Crippen LogP contribution < -0.4 is 0 Å². The highest BCUT2D eigenvalue weighted by molar-refractivity contribution is 5.21. The molecule has 2 rings (SSSR count). The van der Waals surface area contributed by atoms with Crippen LogP contribution in [0, 0.1) is 12.8 Å². The highest BCUT2D eigenvalue weighted by atomic mass is 19.4. The minimum Gasteiger partial charge on any atom is -0.383 e. The van der Waals surface area contributed by atoms with E-state index in [1.807, 2.05) is 31.2 Å². The number of aliphatic hydroxyl groups is 1. The largest absolute Gasteiger partial charge is 0.414 e. The zero-order chi connectivity index (χ0) is 14.8. The van der Waals surface area contributed by atoms with Gasteiger partial charge in [0.05, 0.1) is 0 Å². The van der Waals surface area contributed by atoms with Crippen LogP contribution in [0.2, 0.25) is 0 Å². The minimum atomic E-state index is -4.50. The van der Waals surface area contributed by atoms with Crippen molar-refractivity contribution in [3.05, 3.63) is 35.4 Å². The Balaban J connectivity index is 1.84. The first-order chi connectivity index (χ1) is 9.36. The number of hydrogen-bond acceptors (Lipinski definition) is 2. The summed E-state index contributed by atoms with van der Waals surface area (Å²) >= 11 is 0. The molecule has 0 spiro atoms. The van der Waals surface area contributed by atoms with E-state index in [2.05, 4.69) is 4.90 Å². The molecule has 5 heteroatoms. The van der Waals surface area contributed by atoms with Crippen molar-refractivity contribution in [1.82, 2.24) is 4.90 Å². The Morgan fingerprint density at radius 2 is 1.75 bits per heavy atom. The quantitative estimate of drug-likeness (QED) is 0.923. The van der Waals surface area contributed by atoms with Crippen LogP contribution in [0.25, 0.3) is 0 Å². The van der Waals surface area contributed by atoms with Crippen LogP contribution in [-0.4, -0.2) is 35.4 Å². The summed E-state index contributed by atoms with van der Waals surface area (Å²) in [6.07, 6.45) is -5.88. The van der Waals surface area contributed by atoms with Gasteiger partial charge in [-0.2, -0.15) is 13.2 Å². The predicted octanol–water partition coefficient (Wildman–Crippen LogP) is 3.13. The van der Waals surface area contributed by atoms with Gasteiger partial charge in [0.1, 0.15) is 0 Å². The van der Waals surface area contributed by atoms with E-state index >= 15 is 0 Å². The third-order valence-corrected chi connectivity index (χ3v) is 3.94. The molecule has 0 radical (unpaired) electrons. The number of halogens is 3. The molecule has 1 aliphatic rings. The summed E-state index contributed by atoms with van der Waals surface area (Å²) in [5.41, 5.74) is 2.37. The van der Waals surface area contributed by atoms with Crippen molar-refractivity contribution in [1.29, 1.82) is 0 Å². The molecule has 1 aromatic rings. The fourth-order valence-corrected chi connectivity index (χ4v) is 2.65. The number of likely N-dealkylation sites (tertiary alicyclic amines) is 1. The van der Waals surface area contributed by atoms with E-state index in [0.717, 1.165) is 6.54 Å². The lowest BCUT2D eigenvalue weighted by molar-refractivity contribution is -0.223. The Bertz CT molecular complexity index is 422.